The van der Waals surface area contributed by atoms with Gasteiger partial charge in [-0.3, -0.25) is 4.79 Å². The Morgan fingerprint density at radius 2 is 2.19 bits per heavy atom. The van der Waals surface area contributed by atoms with E-state index in [9.17, 15) is 4.79 Å². The molecule has 0 saturated heterocycles. The van der Waals surface area contributed by atoms with Crippen molar-refractivity contribution in [2.24, 2.45) is 0 Å². The molecule has 4 heteroatoms. The van der Waals surface area contributed by atoms with Gasteiger partial charge < -0.3 is 10.6 Å². The van der Waals surface area contributed by atoms with Crippen LogP contribution < -0.4 is 10.6 Å². The van der Waals surface area contributed by atoms with Gasteiger partial charge in [-0.2, -0.15) is 5.26 Å². The molecule has 0 aliphatic rings. The predicted octanol–water partition coefficient (Wildman–Crippen LogP) is 0.724. The van der Waals surface area contributed by atoms with E-state index in [0.29, 0.717) is 6.54 Å². The monoisotopic (exact) mass is 217 g/mol. The molecule has 0 saturated carbocycles. The second-order valence-corrected chi connectivity index (χ2v) is 3.46. The number of hydrogen-bond donors (Lipinski definition) is 2. The van der Waals surface area contributed by atoms with E-state index in [4.69, 9.17) is 5.26 Å². The molecule has 2 N–H and O–H groups in total. The minimum Gasteiger partial charge on any atom is -0.342 e. The van der Waals surface area contributed by atoms with Crippen LogP contribution in [0.2, 0.25) is 0 Å². The first-order chi connectivity index (χ1) is 7.74. The molecule has 0 fully saturated rings. The fourth-order valence-electron chi connectivity index (χ4n) is 1.32. The molecule has 0 aliphatic heterocycles. The summed E-state index contributed by atoms with van der Waals surface area (Å²) in [4.78, 5) is 11.2. The summed E-state index contributed by atoms with van der Waals surface area (Å²) in [6, 6.07) is 9.87. The van der Waals surface area contributed by atoms with Crippen LogP contribution in [0, 0.1) is 18.3 Å². The van der Waals surface area contributed by atoms with Crippen LogP contribution >= 0.6 is 0 Å². The van der Waals surface area contributed by atoms with Crippen molar-refractivity contribution in [3.63, 3.8) is 0 Å². The second kappa shape index (κ2) is 6.59. The Hall–Kier alpha value is -1.86. The van der Waals surface area contributed by atoms with E-state index in [2.05, 4.69) is 10.6 Å². The van der Waals surface area contributed by atoms with Gasteiger partial charge in [0.2, 0.25) is 5.91 Å². The average Bonchev–Trinajstić information content (AvgIpc) is 2.29. The minimum absolute atomic E-state index is 0.0604. The van der Waals surface area contributed by atoms with Crippen molar-refractivity contribution in [2.75, 3.05) is 13.1 Å². The third-order valence-electron chi connectivity index (χ3n) is 2.23. The first-order valence-electron chi connectivity index (χ1n) is 5.13. The van der Waals surface area contributed by atoms with E-state index >= 15 is 0 Å². The van der Waals surface area contributed by atoms with E-state index in [-0.39, 0.29) is 19.0 Å². The van der Waals surface area contributed by atoms with Crippen molar-refractivity contribution in [1.82, 2.24) is 10.6 Å². The lowest BCUT2D eigenvalue weighted by Crippen LogP contribution is -2.33. The van der Waals surface area contributed by atoms with Crippen LogP contribution in [0.1, 0.15) is 11.1 Å². The van der Waals surface area contributed by atoms with Gasteiger partial charge in [0, 0.05) is 6.54 Å². The van der Waals surface area contributed by atoms with Crippen molar-refractivity contribution in [3.05, 3.63) is 35.4 Å². The number of aryl methyl sites for hydroxylation is 1. The lowest BCUT2D eigenvalue weighted by Gasteiger charge is -2.06. The highest BCUT2D eigenvalue weighted by atomic mass is 16.1. The lowest BCUT2D eigenvalue weighted by molar-refractivity contribution is -0.120. The summed E-state index contributed by atoms with van der Waals surface area (Å²) < 4.78 is 0. The molecule has 0 spiro atoms. The predicted molar refractivity (Wildman–Crippen MR) is 61.5 cm³/mol. The molecule has 1 aromatic carbocycles. The number of nitrogens with one attached hydrogen (secondary N) is 2. The van der Waals surface area contributed by atoms with Gasteiger partial charge in [0.05, 0.1) is 12.6 Å². The van der Waals surface area contributed by atoms with Gasteiger partial charge in [-0.05, 0) is 18.1 Å². The van der Waals surface area contributed by atoms with Crippen molar-refractivity contribution < 1.29 is 4.79 Å². The number of carbonyl (C=O) groups excluding carboxylic acids is 1. The normalized spacial score (nSPS) is 9.50. The maximum atomic E-state index is 11.2. The van der Waals surface area contributed by atoms with Crippen LogP contribution in [-0.2, 0) is 11.3 Å². The van der Waals surface area contributed by atoms with Crippen LogP contribution in [-0.4, -0.2) is 19.0 Å². The molecule has 16 heavy (non-hydrogen) atoms. The molecular weight excluding hydrogens is 202 g/mol. The molecule has 84 valence electrons. The van der Waals surface area contributed by atoms with Crippen LogP contribution in [0.5, 0.6) is 0 Å². The fourth-order valence-corrected chi connectivity index (χ4v) is 1.32. The van der Waals surface area contributed by atoms with Gasteiger partial charge in [0.15, 0.2) is 0 Å². The van der Waals surface area contributed by atoms with E-state index in [1.807, 2.05) is 37.3 Å². The maximum Gasteiger partial charge on any atom is 0.234 e. The SMILES string of the molecule is Cc1ccccc1CNCC(=O)NCC#N. The molecule has 1 rings (SSSR count). The highest BCUT2D eigenvalue weighted by molar-refractivity contribution is 5.78. The molecular formula is C12H15N3O. The number of carbonyl (C=O) groups is 1. The quantitative estimate of drug-likeness (QED) is 0.714. The number of amides is 1. The van der Waals surface area contributed by atoms with Crippen LogP contribution in [0.3, 0.4) is 0 Å². The van der Waals surface area contributed by atoms with E-state index < -0.39 is 0 Å². The Bertz CT molecular complexity index is 395. The first-order valence-corrected chi connectivity index (χ1v) is 5.13. The molecule has 0 radical (unpaired) electrons. The van der Waals surface area contributed by atoms with E-state index in [1.165, 1.54) is 11.1 Å². The zero-order valence-corrected chi connectivity index (χ0v) is 9.29. The number of nitriles is 1. The number of hydrogen-bond acceptors (Lipinski definition) is 3. The molecule has 1 amide bonds. The smallest absolute Gasteiger partial charge is 0.234 e. The first kappa shape index (κ1) is 12.2. The van der Waals surface area contributed by atoms with E-state index in [1.54, 1.807) is 0 Å². The van der Waals surface area contributed by atoms with Crippen molar-refractivity contribution in [2.45, 2.75) is 13.5 Å². The third-order valence-corrected chi connectivity index (χ3v) is 2.23. The number of benzene rings is 1. The highest BCUT2D eigenvalue weighted by Crippen LogP contribution is 2.05. The molecule has 0 heterocycles. The maximum absolute atomic E-state index is 11.2. The third kappa shape index (κ3) is 4.11. The average molecular weight is 217 g/mol. The molecule has 0 aromatic heterocycles. The molecule has 0 aliphatic carbocycles. The summed E-state index contributed by atoms with van der Waals surface area (Å²) in [5, 5.41) is 13.8. The Labute approximate surface area is 95.3 Å². The van der Waals surface area contributed by atoms with Crippen LogP contribution in [0.25, 0.3) is 0 Å². The standard InChI is InChI=1S/C12H15N3O/c1-10-4-2-3-5-11(10)8-14-9-12(16)15-7-6-13/h2-5,14H,7-9H2,1H3,(H,15,16). The molecule has 4 nitrogen and oxygen atoms in total. The van der Waals surface area contributed by atoms with Crippen LogP contribution in [0.15, 0.2) is 24.3 Å². The van der Waals surface area contributed by atoms with Gasteiger partial charge in [-0.15, -0.1) is 0 Å². The molecule has 0 atom stereocenters. The topological polar surface area (TPSA) is 64.9 Å². The van der Waals surface area contributed by atoms with Gasteiger partial charge in [0.25, 0.3) is 0 Å². The Morgan fingerprint density at radius 3 is 2.88 bits per heavy atom. The Balaban J connectivity index is 2.29. The summed E-state index contributed by atoms with van der Waals surface area (Å²) in [6.45, 7) is 2.99. The minimum atomic E-state index is -0.157. The second-order valence-electron chi connectivity index (χ2n) is 3.46. The van der Waals surface area contributed by atoms with E-state index in [0.717, 1.165) is 0 Å². The largest absolute Gasteiger partial charge is 0.342 e. The van der Waals surface area contributed by atoms with Crippen molar-refractivity contribution in [3.8, 4) is 6.07 Å². The van der Waals surface area contributed by atoms with Crippen LogP contribution in [0.4, 0.5) is 0 Å². The van der Waals surface area contributed by atoms with Gasteiger partial charge in [-0.1, -0.05) is 24.3 Å². The van der Waals surface area contributed by atoms with Gasteiger partial charge >= 0.3 is 0 Å². The Kier molecular flexibility index (Phi) is 5.03. The summed E-state index contributed by atoms with van der Waals surface area (Å²) in [5.41, 5.74) is 2.38. The van der Waals surface area contributed by atoms with Crippen molar-refractivity contribution >= 4 is 5.91 Å². The molecule has 0 bridgehead atoms. The molecule has 0 unspecified atom stereocenters. The summed E-state index contributed by atoms with van der Waals surface area (Å²) in [6.07, 6.45) is 0. The zero-order chi connectivity index (χ0) is 11.8. The zero-order valence-electron chi connectivity index (χ0n) is 9.29. The number of nitrogens with zero attached hydrogens (tertiary/aromatic N) is 1. The number of rotatable bonds is 5. The summed E-state index contributed by atoms with van der Waals surface area (Å²) >= 11 is 0. The fraction of sp³-hybridized carbons (Fsp3) is 0.333. The van der Waals surface area contributed by atoms with Crippen molar-refractivity contribution in [1.29, 1.82) is 5.26 Å². The molecule has 1 aromatic rings. The highest BCUT2D eigenvalue weighted by Gasteiger charge is 2.00. The van der Waals surface area contributed by atoms with Gasteiger partial charge in [0.1, 0.15) is 6.54 Å². The lowest BCUT2D eigenvalue weighted by atomic mass is 10.1. The summed E-state index contributed by atoms with van der Waals surface area (Å²) in [5.74, 6) is -0.157. The van der Waals surface area contributed by atoms with Gasteiger partial charge in [-0.25, -0.2) is 0 Å². The Morgan fingerprint density at radius 1 is 1.44 bits per heavy atom. The summed E-state index contributed by atoms with van der Waals surface area (Å²) in [7, 11) is 0.